The number of imidazole rings is 1. The van der Waals surface area contributed by atoms with Gasteiger partial charge in [-0.15, -0.1) is 0 Å². The van der Waals surface area contributed by atoms with Gasteiger partial charge in [-0.1, -0.05) is 6.07 Å². The molecule has 0 bridgehead atoms. The van der Waals surface area contributed by atoms with E-state index in [-0.39, 0.29) is 17.7 Å². The number of fused-ring (bicyclic) bond motifs is 1. The molecule has 2 atom stereocenters. The Morgan fingerprint density at radius 2 is 1.94 bits per heavy atom. The molecule has 2 N–H and O–H groups in total. The van der Waals surface area contributed by atoms with Crippen LogP contribution in [0.15, 0.2) is 35.3 Å². The quantitative estimate of drug-likeness (QED) is 0.478. The molecule has 0 spiro atoms. The predicted octanol–water partition coefficient (Wildman–Crippen LogP) is 3.62. The summed E-state index contributed by atoms with van der Waals surface area (Å²) < 4.78 is 9.37. The number of nitrogens with one attached hydrogen (secondary N) is 1. The average Bonchev–Trinajstić information content (AvgIpc) is 3.44. The van der Waals surface area contributed by atoms with Crippen LogP contribution in [0.5, 0.6) is 0 Å². The lowest BCUT2D eigenvalue weighted by atomic mass is 10.1. The number of carbonyl (C=O) groups excluding carboxylic acids is 1. The number of aliphatic hydroxyl groups excluding tert-OH is 1. The number of rotatable bonds is 8. The number of carbonyl (C=O) groups is 1. The first-order valence-corrected chi connectivity index (χ1v) is 12.5. The molecule has 8 nitrogen and oxygen atoms in total. The molecule has 2 heterocycles. The highest BCUT2D eigenvalue weighted by Gasteiger charge is 2.28. The summed E-state index contributed by atoms with van der Waals surface area (Å²) >= 11 is 0. The Hall–Kier alpha value is -2.97. The first-order valence-electron chi connectivity index (χ1n) is 12.5. The van der Waals surface area contributed by atoms with Gasteiger partial charge in [-0.3, -0.25) is 14.9 Å². The van der Waals surface area contributed by atoms with Gasteiger partial charge in [0.2, 0.25) is 0 Å². The fraction of sp³-hybridized carbons (Fsp3) is 0.519. The molecule has 1 saturated carbocycles. The Bertz CT molecular complexity index is 1240. The molecule has 1 fully saturated rings. The van der Waals surface area contributed by atoms with Gasteiger partial charge in [-0.2, -0.15) is 0 Å². The van der Waals surface area contributed by atoms with E-state index >= 15 is 0 Å². The number of benzene rings is 1. The molecular weight excluding hydrogens is 444 g/mol. The number of hydrogen-bond acceptors (Lipinski definition) is 6. The Labute approximate surface area is 205 Å². The maximum absolute atomic E-state index is 12.6. The molecule has 0 aliphatic heterocycles. The predicted molar refractivity (Wildman–Crippen MR) is 136 cm³/mol. The topological polar surface area (TPSA) is 98.4 Å². The number of aliphatic hydroxyl groups is 1. The lowest BCUT2D eigenvalue weighted by molar-refractivity contribution is -0.154. The Morgan fingerprint density at radius 1 is 1.23 bits per heavy atom. The van der Waals surface area contributed by atoms with Crippen molar-refractivity contribution in [3.05, 3.63) is 51.9 Å². The summed E-state index contributed by atoms with van der Waals surface area (Å²) in [5.41, 5.74) is 4.32. The lowest BCUT2D eigenvalue weighted by Crippen LogP contribution is -2.46. The summed E-state index contributed by atoms with van der Waals surface area (Å²) in [7, 11) is 1.75. The highest BCUT2D eigenvalue weighted by atomic mass is 16.5. The van der Waals surface area contributed by atoms with Crippen molar-refractivity contribution >= 4 is 17.0 Å². The third-order valence-corrected chi connectivity index (χ3v) is 6.74. The van der Waals surface area contributed by atoms with Gasteiger partial charge in [0.25, 0.3) is 5.56 Å². The van der Waals surface area contributed by atoms with Gasteiger partial charge in [0.15, 0.2) is 0 Å². The van der Waals surface area contributed by atoms with Gasteiger partial charge < -0.3 is 19.0 Å². The standard InChI is InChI=1S/C27H36N4O4/c1-16(2)31-23-11-10-19(14-28-24(18(4)32)27(34)35-21-8-6-7-9-21)13-22(23)29-25(31)20-12-17(3)26(33)30(5)15-20/h10-13,15-16,18,21,24,28,32H,6-9,14H2,1-5H3/t18-,24+/m1/s1. The molecule has 35 heavy (non-hydrogen) atoms. The third-order valence-electron chi connectivity index (χ3n) is 6.74. The van der Waals surface area contributed by atoms with E-state index in [9.17, 15) is 14.7 Å². The van der Waals surface area contributed by atoms with Crippen molar-refractivity contribution < 1.29 is 14.6 Å². The van der Waals surface area contributed by atoms with Crippen LogP contribution in [0.2, 0.25) is 0 Å². The minimum Gasteiger partial charge on any atom is -0.461 e. The molecule has 1 aliphatic carbocycles. The first kappa shape index (κ1) is 25.1. The summed E-state index contributed by atoms with van der Waals surface area (Å²) in [6.07, 6.45) is 4.86. The van der Waals surface area contributed by atoms with Crippen LogP contribution < -0.4 is 10.9 Å². The highest BCUT2D eigenvalue weighted by Crippen LogP contribution is 2.29. The van der Waals surface area contributed by atoms with Crippen LogP contribution in [-0.2, 0) is 23.1 Å². The van der Waals surface area contributed by atoms with E-state index in [0.717, 1.165) is 53.7 Å². The molecule has 0 amide bonds. The van der Waals surface area contributed by atoms with Gasteiger partial charge in [0.1, 0.15) is 18.0 Å². The van der Waals surface area contributed by atoms with Crippen molar-refractivity contribution in [2.24, 2.45) is 7.05 Å². The summed E-state index contributed by atoms with van der Waals surface area (Å²) in [5.74, 6) is 0.408. The van der Waals surface area contributed by atoms with E-state index < -0.39 is 18.1 Å². The average molecular weight is 481 g/mol. The van der Waals surface area contributed by atoms with Crippen LogP contribution in [0.3, 0.4) is 0 Å². The second kappa shape index (κ2) is 10.3. The van der Waals surface area contributed by atoms with Crippen molar-refractivity contribution in [2.45, 2.75) is 84.2 Å². The van der Waals surface area contributed by atoms with E-state index in [1.165, 1.54) is 0 Å². The SMILES string of the molecule is Cc1cc(-c2nc3cc(CN[C@H](C(=O)OC4CCCC4)[C@@H](C)O)ccc3n2C(C)C)cn(C)c1=O. The van der Waals surface area contributed by atoms with Crippen molar-refractivity contribution in [2.75, 3.05) is 0 Å². The molecule has 8 heteroatoms. The van der Waals surface area contributed by atoms with Gasteiger partial charge in [0.05, 0.1) is 17.1 Å². The Morgan fingerprint density at radius 3 is 2.57 bits per heavy atom. The maximum Gasteiger partial charge on any atom is 0.326 e. The minimum atomic E-state index is -0.868. The summed E-state index contributed by atoms with van der Waals surface area (Å²) in [4.78, 5) is 29.8. The number of pyridine rings is 1. The molecule has 0 unspecified atom stereocenters. The van der Waals surface area contributed by atoms with Crippen LogP contribution in [0.1, 0.15) is 63.6 Å². The van der Waals surface area contributed by atoms with Crippen molar-refractivity contribution in [3.8, 4) is 11.4 Å². The van der Waals surface area contributed by atoms with E-state index in [1.807, 2.05) is 37.4 Å². The number of hydrogen-bond donors (Lipinski definition) is 2. The molecule has 0 radical (unpaired) electrons. The number of esters is 1. The smallest absolute Gasteiger partial charge is 0.326 e. The number of nitrogens with zero attached hydrogens (tertiary/aromatic N) is 3. The zero-order valence-electron chi connectivity index (χ0n) is 21.2. The fourth-order valence-corrected chi connectivity index (χ4v) is 4.90. The minimum absolute atomic E-state index is 0.0200. The largest absolute Gasteiger partial charge is 0.461 e. The molecule has 3 aromatic rings. The molecule has 1 aliphatic rings. The van der Waals surface area contributed by atoms with Gasteiger partial charge in [0, 0.05) is 37.0 Å². The van der Waals surface area contributed by atoms with Crippen molar-refractivity contribution in [3.63, 3.8) is 0 Å². The second-order valence-corrected chi connectivity index (χ2v) is 9.99. The van der Waals surface area contributed by atoms with Gasteiger partial charge >= 0.3 is 5.97 Å². The Kier molecular flexibility index (Phi) is 7.42. The highest BCUT2D eigenvalue weighted by molar-refractivity contribution is 5.81. The van der Waals surface area contributed by atoms with Crippen LogP contribution in [-0.4, -0.2) is 43.4 Å². The van der Waals surface area contributed by atoms with Crippen LogP contribution >= 0.6 is 0 Å². The maximum atomic E-state index is 12.6. The molecule has 1 aromatic carbocycles. The summed E-state index contributed by atoms with van der Waals surface area (Å²) in [5, 5.41) is 13.4. The van der Waals surface area contributed by atoms with E-state index in [2.05, 4.69) is 23.7 Å². The molecular formula is C27H36N4O4. The number of aromatic nitrogens is 3. The first-order chi connectivity index (χ1) is 16.7. The summed E-state index contributed by atoms with van der Waals surface area (Å²) in [6, 6.07) is 7.30. The van der Waals surface area contributed by atoms with Gasteiger partial charge in [-0.25, -0.2) is 4.98 Å². The van der Waals surface area contributed by atoms with Crippen LogP contribution in [0.4, 0.5) is 0 Å². The molecule has 2 aromatic heterocycles. The number of ether oxygens (including phenoxy) is 1. The number of aryl methyl sites for hydroxylation is 2. The van der Waals surface area contributed by atoms with Crippen LogP contribution in [0, 0.1) is 6.92 Å². The monoisotopic (exact) mass is 480 g/mol. The molecule has 188 valence electrons. The summed E-state index contributed by atoms with van der Waals surface area (Å²) in [6.45, 7) is 8.03. The zero-order valence-corrected chi connectivity index (χ0v) is 21.2. The van der Waals surface area contributed by atoms with E-state index in [1.54, 1.807) is 18.5 Å². The second-order valence-electron chi connectivity index (χ2n) is 9.99. The normalized spacial score (nSPS) is 16.2. The fourth-order valence-electron chi connectivity index (χ4n) is 4.90. The van der Waals surface area contributed by atoms with Gasteiger partial charge in [-0.05, 0) is 77.1 Å². The van der Waals surface area contributed by atoms with E-state index in [0.29, 0.717) is 12.1 Å². The third kappa shape index (κ3) is 5.33. The van der Waals surface area contributed by atoms with E-state index in [4.69, 9.17) is 9.72 Å². The molecule has 4 rings (SSSR count). The van der Waals surface area contributed by atoms with Crippen molar-refractivity contribution in [1.82, 2.24) is 19.4 Å². The van der Waals surface area contributed by atoms with Crippen molar-refractivity contribution in [1.29, 1.82) is 0 Å². The zero-order chi connectivity index (χ0) is 25.3. The van der Waals surface area contributed by atoms with Crippen LogP contribution in [0.25, 0.3) is 22.4 Å². The molecule has 0 saturated heterocycles. The Balaban J connectivity index is 1.59. The lowest BCUT2D eigenvalue weighted by Gasteiger charge is -2.22.